The number of rotatable bonds is 5. The van der Waals surface area contributed by atoms with E-state index in [1.165, 1.54) is 11.3 Å². The number of ether oxygens (including phenoxy) is 3. The third-order valence-electron chi connectivity index (χ3n) is 4.22. The minimum Gasteiger partial charge on any atom is -0.494 e. The van der Waals surface area contributed by atoms with Gasteiger partial charge in [0.15, 0.2) is 5.75 Å². The number of benzene rings is 1. The molecule has 1 aliphatic rings. The molecule has 140 valence electrons. The first-order chi connectivity index (χ1) is 13.0. The summed E-state index contributed by atoms with van der Waals surface area (Å²) in [5, 5.41) is 9.65. The molecule has 2 heterocycles. The second-order valence-electron chi connectivity index (χ2n) is 5.87. The Hall–Kier alpha value is -2.98. The van der Waals surface area contributed by atoms with Crippen molar-refractivity contribution in [3.8, 4) is 17.6 Å². The van der Waals surface area contributed by atoms with E-state index in [2.05, 4.69) is 6.07 Å². The number of hydrogen-bond acceptors (Lipinski definition) is 7. The molecule has 0 radical (unpaired) electrons. The van der Waals surface area contributed by atoms with Crippen molar-refractivity contribution in [2.45, 2.75) is 26.7 Å². The maximum atomic E-state index is 12.4. The Balaban J connectivity index is 2.12. The minimum atomic E-state index is -0.453. The normalized spacial score (nSPS) is 15.6. The number of carbonyl (C=O) groups excluding carboxylic acids is 1. The van der Waals surface area contributed by atoms with Crippen LogP contribution in [0.4, 0.5) is 0 Å². The molecule has 3 rings (SSSR count). The molecular formula is C20H20N2O4S. The van der Waals surface area contributed by atoms with Gasteiger partial charge in [0, 0.05) is 4.88 Å². The standard InChI is InChI=1S/C20H20N2O4S/c1-4-24-13-8-6-12(7-9-13)16-14(10-21)19(22)26-17-15(20(23)25-5-2)11(3)27-18(16)17/h6-9,16H,4-5,22H2,1-3H3. The fourth-order valence-electron chi connectivity index (χ4n) is 3.08. The lowest BCUT2D eigenvalue weighted by Crippen LogP contribution is -2.21. The summed E-state index contributed by atoms with van der Waals surface area (Å²) in [6.45, 7) is 6.33. The van der Waals surface area contributed by atoms with Crippen molar-refractivity contribution in [1.82, 2.24) is 0 Å². The van der Waals surface area contributed by atoms with Crippen LogP contribution in [0.15, 0.2) is 35.7 Å². The van der Waals surface area contributed by atoms with Gasteiger partial charge in [0.2, 0.25) is 5.88 Å². The Morgan fingerprint density at radius 3 is 2.59 bits per heavy atom. The van der Waals surface area contributed by atoms with E-state index in [-0.39, 0.29) is 12.5 Å². The van der Waals surface area contributed by atoms with Crippen LogP contribution in [0.5, 0.6) is 11.5 Å². The molecule has 1 aromatic carbocycles. The number of fused-ring (bicyclic) bond motifs is 1. The first-order valence-electron chi connectivity index (χ1n) is 8.62. The number of hydrogen-bond donors (Lipinski definition) is 1. The molecule has 0 saturated heterocycles. The lowest BCUT2D eigenvalue weighted by molar-refractivity contribution is 0.0522. The Morgan fingerprint density at radius 1 is 1.30 bits per heavy atom. The number of aryl methyl sites for hydroxylation is 1. The third kappa shape index (κ3) is 3.36. The summed E-state index contributed by atoms with van der Waals surface area (Å²) in [5.74, 6) is 0.282. The fourth-order valence-corrected chi connectivity index (χ4v) is 4.29. The molecule has 2 aromatic rings. The van der Waals surface area contributed by atoms with Crippen molar-refractivity contribution in [3.63, 3.8) is 0 Å². The van der Waals surface area contributed by atoms with Crippen LogP contribution >= 0.6 is 11.3 Å². The quantitative estimate of drug-likeness (QED) is 0.787. The first-order valence-corrected chi connectivity index (χ1v) is 9.44. The second-order valence-corrected chi connectivity index (χ2v) is 7.13. The zero-order chi connectivity index (χ0) is 19.6. The van der Waals surface area contributed by atoms with Gasteiger partial charge >= 0.3 is 5.97 Å². The number of thiophene rings is 1. The van der Waals surface area contributed by atoms with E-state index in [9.17, 15) is 10.1 Å². The van der Waals surface area contributed by atoms with Gasteiger partial charge in [-0.15, -0.1) is 11.3 Å². The van der Waals surface area contributed by atoms with Crippen LogP contribution in [0.1, 0.15) is 45.4 Å². The third-order valence-corrected chi connectivity index (χ3v) is 5.37. The van der Waals surface area contributed by atoms with Crippen molar-refractivity contribution < 1.29 is 19.0 Å². The maximum Gasteiger partial charge on any atom is 0.343 e. The number of esters is 1. The van der Waals surface area contributed by atoms with Gasteiger partial charge in [-0.3, -0.25) is 0 Å². The van der Waals surface area contributed by atoms with Gasteiger partial charge in [-0.2, -0.15) is 5.26 Å². The molecule has 1 atom stereocenters. The van der Waals surface area contributed by atoms with Crippen molar-refractivity contribution in [3.05, 3.63) is 56.6 Å². The molecule has 1 aromatic heterocycles. The maximum absolute atomic E-state index is 12.4. The zero-order valence-electron chi connectivity index (χ0n) is 15.4. The average Bonchev–Trinajstić information content (AvgIpc) is 2.97. The van der Waals surface area contributed by atoms with Crippen LogP contribution in [0, 0.1) is 18.3 Å². The van der Waals surface area contributed by atoms with E-state index in [1.54, 1.807) is 6.92 Å². The van der Waals surface area contributed by atoms with E-state index in [1.807, 2.05) is 38.1 Å². The predicted molar refractivity (Wildman–Crippen MR) is 102 cm³/mol. The van der Waals surface area contributed by atoms with Crippen LogP contribution in [0.25, 0.3) is 0 Å². The molecule has 2 N–H and O–H groups in total. The van der Waals surface area contributed by atoms with E-state index in [0.717, 1.165) is 21.1 Å². The molecule has 27 heavy (non-hydrogen) atoms. The molecule has 0 amide bonds. The topological polar surface area (TPSA) is 94.6 Å². The summed E-state index contributed by atoms with van der Waals surface area (Å²) in [5.41, 5.74) is 7.59. The van der Waals surface area contributed by atoms with Gasteiger partial charge in [-0.05, 0) is 38.5 Å². The Morgan fingerprint density at radius 2 is 2.00 bits per heavy atom. The number of nitrogens with two attached hydrogens (primary N) is 1. The zero-order valence-corrected chi connectivity index (χ0v) is 16.2. The van der Waals surface area contributed by atoms with Gasteiger partial charge < -0.3 is 19.9 Å². The molecule has 7 heteroatoms. The predicted octanol–water partition coefficient (Wildman–Crippen LogP) is 3.85. The molecule has 0 spiro atoms. The number of nitriles is 1. The lowest BCUT2D eigenvalue weighted by atomic mass is 9.88. The van der Waals surface area contributed by atoms with Crippen LogP contribution in [-0.4, -0.2) is 19.2 Å². The van der Waals surface area contributed by atoms with Gasteiger partial charge in [0.05, 0.1) is 24.0 Å². The van der Waals surface area contributed by atoms with Crippen molar-refractivity contribution >= 4 is 17.3 Å². The summed E-state index contributed by atoms with van der Waals surface area (Å²) in [4.78, 5) is 13.9. The summed E-state index contributed by atoms with van der Waals surface area (Å²) in [6.07, 6.45) is 0. The second kappa shape index (κ2) is 7.72. The van der Waals surface area contributed by atoms with E-state index < -0.39 is 11.9 Å². The Bertz CT molecular complexity index is 938. The summed E-state index contributed by atoms with van der Waals surface area (Å²) in [7, 11) is 0. The highest BCUT2D eigenvalue weighted by Crippen LogP contribution is 2.49. The van der Waals surface area contributed by atoms with Gasteiger partial charge in [-0.25, -0.2) is 4.79 Å². The molecule has 1 aliphatic heterocycles. The Kier molecular flexibility index (Phi) is 5.38. The molecular weight excluding hydrogens is 364 g/mol. The van der Waals surface area contributed by atoms with Gasteiger partial charge in [0.1, 0.15) is 23.0 Å². The monoisotopic (exact) mass is 384 g/mol. The van der Waals surface area contributed by atoms with Gasteiger partial charge in [-0.1, -0.05) is 12.1 Å². The summed E-state index contributed by atoms with van der Waals surface area (Å²) < 4.78 is 16.3. The van der Waals surface area contributed by atoms with Crippen LogP contribution < -0.4 is 15.2 Å². The van der Waals surface area contributed by atoms with Crippen molar-refractivity contribution in [2.24, 2.45) is 5.73 Å². The van der Waals surface area contributed by atoms with Crippen LogP contribution in [-0.2, 0) is 4.74 Å². The van der Waals surface area contributed by atoms with Crippen molar-refractivity contribution in [1.29, 1.82) is 5.26 Å². The highest BCUT2D eigenvalue weighted by atomic mass is 32.1. The summed E-state index contributed by atoms with van der Waals surface area (Å²) in [6, 6.07) is 9.66. The van der Waals surface area contributed by atoms with E-state index >= 15 is 0 Å². The SMILES string of the molecule is CCOC(=O)c1c(C)sc2c1OC(N)=C(C#N)C2c1ccc(OCC)cc1. The largest absolute Gasteiger partial charge is 0.494 e. The smallest absolute Gasteiger partial charge is 0.343 e. The van der Waals surface area contributed by atoms with Crippen LogP contribution in [0.3, 0.4) is 0 Å². The number of nitrogens with zero attached hydrogens (tertiary/aromatic N) is 1. The van der Waals surface area contributed by atoms with Crippen molar-refractivity contribution in [2.75, 3.05) is 13.2 Å². The molecule has 0 bridgehead atoms. The van der Waals surface area contributed by atoms with E-state index in [0.29, 0.717) is 23.5 Å². The molecule has 1 unspecified atom stereocenters. The highest BCUT2D eigenvalue weighted by molar-refractivity contribution is 7.12. The molecule has 0 saturated carbocycles. The van der Waals surface area contributed by atoms with Gasteiger partial charge in [0.25, 0.3) is 0 Å². The number of carbonyl (C=O) groups is 1. The lowest BCUT2D eigenvalue weighted by Gasteiger charge is -2.24. The molecule has 0 fully saturated rings. The highest BCUT2D eigenvalue weighted by Gasteiger charge is 2.37. The Labute approximate surface area is 161 Å². The first kappa shape index (κ1) is 18.8. The van der Waals surface area contributed by atoms with E-state index in [4.69, 9.17) is 19.9 Å². The minimum absolute atomic E-state index is 0.00670. The number of allylic oxidation sites excluding steroid dienone is 1. The average molecular weight is 384 g/mol. The molecule has 6 nitrogen and oxygen atoms in total. The molecule has 0 aliphatic carbocycles. The fraction of sp³-hybridized carbons (Fsp3) is 0.300. The van der Waals surface area contributed by atoms with Crippen LogP contribution in [0.2, 0.25) is 0 Å². The summed E-state index contributed by atoms with van der Waals surface area (Å²) >= 11 is 1.41.